The lowest BCUT2D eigenvalue weighted by atomic mass is 9.97. The van der Waals surface area contributed by atoms with Gasteiger partial charge in [-0.05, 0) is 32.1 Å². The molecule has 96 valence electrons. The van der Waals surface area contributed by atoms with Gasteiger partial charge in [-0.1, -0.05) is 11.6 Å². The summed E-state index contributed by atoms with van der Waals surface area (Å²) in [6.07, 6.45) is 8.49. The van der Waals surface area contributed by atoms with Gasteiger partial charge in [-0.25, -0.2) is 0 Å². The first kappa shape index (κ1) is 13.0. The number of thioether (sulfide) groups is 1. The summed E-state index contributed by atoms with van der Waals surface area (Å²) < 4.78 is 0. The van der Waals surface area contributed by atoms with E-state index in [-0.39, 0.29) is 11.9 Å². The van der Waals surface area contributed by atoms with Crippen molar-refractivity contribution < 1.29 is 4.79 Å². The van der Waals surface area contributed by atoms with E-state index >= 15 is 0 Å². The van der Waals surface area contributed by atoms with Crippen LogP contribution in [0.25, 0.3) is 0 Å². The number of allylic oxidation sites excluding steroid dienone is 1. The average Bonchev–Trinajstić information content (AvgIpc) is 2.41. The monoisotopic (exact) mass is 254 g/mol. The van der Waals surface area contributed by atoms with Crippen molar-refractivity contribution in [2.75, 3.05) is 24.6 Å². The molecule has 1 amide bonds. The predicted molar refractivity (Wildman–Crippen MR) is 73.3 cm³/mol. The first-order chi connectivity index (χ1) is 8.36. The van der Waals surface area contributed by atoms with E-state index in [0.717, 1.165) is 31.0 Å². The maximum absolute atomic E-state index is 11.8. The molecule has 4 heteroatoms. The first-order valence-corrected chi connectivity index (χ1v) is 7.78. The second-order valence-electron chi connectivity index (χ2n) is 4.73. The number of amides is 1. The van der Waals surface area contributed by atoms with E-state index in [4.69, 9.17) is 0 Å². The van der Waals surface area contributed by atoms with Crippen molar-refractivity contribution in [2.45, 2.75) is 38.1 Å². The van der Waals surface area contributed by atoms with E-state index in [9.17, 15) is 4.79 Å². The molecule has 0 radical (unpaired) electrons. The fourth-order valence-corrected chi connectivity index (χ4v) is 3.27. The van der Waals surface area contributed by atoms with Crippen LogP contribution in [0, 0.1) is 0 Å². The largest absolute Gasteiger partial charge is 0.354 e. The molecule has 17 heavy (non-hydrogen) atoms. The quantitative estimate of drug-likeness (QED) is 0.750. The highest BCUT2D eigenvalue weighted by Crippen LogP contribution is 2.19. The molecule has 0 aromatic rings. The van der Waals surface area contributed by atoms with Crippen molar-refractivity contribution >= 4 is 17.7 Å². The Labute approximate surface area is 108 Å². The number of carbonyl (C=O) groups excluding carboxylic acids is 1. The van der Waals surface area contributed by atoms with Gasteiger partial charge in [-0.15, -0.1) is 0 Å². The molecular weight excluding hydrogens is 232 g/mol. The molecular formula is C13H22N2OS. The maximum atomic E-state index is 11.8. The van der Waals surface area contributed by atoms with Gasteiger partial charge in [0.25, 0.3) is 0 Å². The van der Waals surface area contributed by atoms with Gasteiger partial charge in [-0.2, -0.15) is 11.8 Å². The zero-order valence-corrected chi connectivity index (χ0v) is 11.2. The number of rotatable bonds is 4. The summed E-state index contributed by atoms with van der Waals surface area (Å²) in [4.78, 5) is 11.8. The highest BCUT2D eigenvalue weighted by atomic mass is 32.2. The van der Waals surface area contributed by atoms with Gasteiger partial charge in [0, 0.05) is 24.6 Å². The Morgan fingerprint density at radius 1 is 1.53 bits per heavy atom. The average molecular weight is 254 g/mol. The van der Waals surface area contributed by atoms with Gasteiger partial charge in [-0.3, -0.25) is 4.79 Å². The molecule has 0 aromatic carbocycles. The fourth-order valence-electron chi connectivity index (χ4n) is 2.33. The van der Waals surface area contributed by atoms with Crippen molar-refractivity contribution in [3.05, 3.63) is 11.6 Å². The Morgan fingerprint density at radius 2 is 2.47 bits per heavy atom. The molecule has 1 fully saturated rings. The van der Waals surface area contributed by atoms with Crippen molar-refractivity contribution in [3.63, 3.8) is 0 Å². The van der Waals surface area contributed by atoms with E-state index in [1.807, 2.05) is 11.8 Å². The van der Waals surface area contributed by atoms with Crippen molar-refractivity contribution in [1.82, 2.24) is 10.6 Å². The Morgan fingerprint density at radius 3 is 3.18 bits per heavy atom. The number of carbonyl (C=O) groups is 1. The number of hydrogen-bond acceptors (Lipinski definition) is 3. The van der Waals surface area contributed by atoms with Gasteiger partial charge in [0.15, 0.2) is 0 Å². The van der Waals surface area contributed by atoms with Crippen LogP contribution in [-0.2, 0) is 4.79 Å². The van der Waals surface area contributed by atoms with Crippen LogP contribution in [0.4, 0.5) is 0 Å². The molecule has 1 heterocycles. The van der Waals surface area contributed by atoms with Gasteiger partial charge in [0.05, 0.1) is 6.04 Å². The lowest BCUT2D eigenvalue weighted by molar-refractivity contribution is -0.122. The summed E-state index contributed by atoms with van der Waals surface area (Å²) in [6, 6.07) is 0.0223. The topological polar surface area (TPSA) is 41.1 Å². The van der Waals surface area contributed by atoms with Crippen LogP contribution in [0.15, 0.2) is 11.6 Å². The van der Waals surface area contributed by atoms with Crippen LogP contribution in [0.1, 0.15) is 32.1 Å². The Balaban J connectivity index is 1.63. The fraction of sp³-hybridized carbons (Fsp3) is 0.769. The third-order valence-electron chi connectivity index (χ3n) is 3.37. The molecule has 2 N–H and O–H groups in total. The van der Waals surface area contributed by atoms with Crippen LogP contribution in [0.5, 0.6) is 0 Å². The lowest BCUT2D eigenvalue weighted by Gasteiger charge is -2.22. The third kappa shape index (κ3) is 4.36. The molecule has 0 aromatic heterocycles. The molecule has 2 rings (SSSR count). The van der Waals surface area contributed by atoms with Gasteiger partial charge >= 0.3 is 0 Å². The molecule has 0 saturated carbocycles. The number of hydrogen-bond donors (Lipinski definition) is 2. The second-order valence-corrected chi connectivity index (χ2v) is 5.88. The normalized spacial score (nSPS) is 25.2. The van der Waals surface area contributed by atoms with Gasteiger partial charge in [0.1, 0.15) is 0 Å². The van der Waals surface area contributed by atoms with Crippen LogP contribution < -0.4 is 10.6 Å². The van der Waals surface area contributed by atoms with Crippen molar-refractivity contribution in [3.8, 4) is 0 Å². The summed E-state index contributed by atoms with van der Waals surface area (Å²) in [6.45, 7) is 1.75. The van der Waals surface area contributed by atoms with E-state index in [2.05, 4.69) is 16.7 Å². The van der Waals surface area contributed by atoms with E-state index in [0.29, 0.717) is 0 Å². The molecule has 1 atom stereocenters. The van der Waals surface area contributed by atoms with Crippen LogP contribution >= 0.6 is 11.8 Å². The molecule has 3 nitrogen and oxygen atoms in total. The predicted octanol–water partition coefficient (Wildman–Crippen LogP) is 1.70. The van der Waals surface area contributed by atoms with Gasteiger partial charge in [0.2, 0.25) is 5.91 Å². The lowest BCUT2D eigenvalue weighted by Crippen LogP contribution is -2.49. The Kier molecular flexibility index (Phi) is 5.39. The Bertz CT molecular complexity index is 285. The summed E-state index contributed by atoms with van der Waals surface area (Å²) >= 11 is 1.86. The number of nitrogens with one attached hydrogen (secondary N) is 2. The molecule has 0 bridgehead atoms. The molecule has 1 aliphatic carbocycles. The van der Waals surface area contributed by atoms with Crippen LogP contribution in [0.3, 0.4) is 0 Å². The summed E-state index contributed by atoms with van der Waals surface area (Å²) in [5.41, 5.74) is 1.53. The first-order valence-electron chi connectivity index (χ1n) is 6.63. The molecule has 1 aliphatic heterocycles. The van der Waals surface area contributed by atoms with Crippen molar-refractivity contribution in [1.29, 1.82) is 0 Å². The molecule has 2 aliphatic rings. The zero-order valence-electron chi connectivity index (χ0n) is 10.3. The summed E-state index contributed by atoms with van der Waals surface area (Å²) in [5, 5.41) is 6.30. The smallest absolute Gasteiger partial charge is 0.238 e. The highest BCUT2D eigenvalue weighted by Gasteiger charge is 2.20. The maximum Gasteiger partial charge on any atom is 0.238 e. The minimum Gasteiger partial charge on any atom is -0.354 e. The van der Waals surface area contributed by atoms with E-state index < -0.39 is 0 Å². The van der Waals surface area contributed by atoms with Crippen LogP contribution in [0.2, 0.25) is 0 Å². The minimum absolute atomic E-state index is 0.0223. The van der Waals surface area contributed by atoms with E-state index in [1.54, 1.807) is 0 Å². The van der Waals surface area contributed by atoms with Gasteiger partial charge < -0.3 is 10.6 Å². The van der Waals surface area contributed by atoms with Crippen LogP contribution in [-0.4, -0.2) is 36.5 Å². The molecule has 1 saturated heterocycles. The third-order valence-corrected chi connectivity index (χ3v) is 4.43. The molecule has 1 unspecified atom stereocenters. The minimum atomic E-state index is 0.0223. The summed E-state index contributed by atoms with van der Waals surface area (Å²) in [7, 11) is 0. The molecule has 0 spiro atoms. The standard InChI is InChI=1S/C13H22N2OS/c16-13(12-10-17-9-8-14-12)15-7-6-11-4-2-1-3-5-11/h4,12,14H,1-3,5-10H2,(H,15,16). The highest BCUT2D eigenvalue weighted by molar-refractivity contribution is 7.99. The summed E-state index contributed by atoms with van der Waals surface area (Å²) in [5.74, 6) is 2.21. The zero-order chi connectivity index (χ0) is 11.9. The SMILES string of the molecule is O=C(NCCC1=CCCCC1)C1CSCCN1. The van der Waals surface area contributed by atoms with E-state index in [1.165, 1.54) is 31.3 Å². The van der Waals surface area contributed by atoms with Crippen molar-refractivity contribution in [2.24, 2.45) is 0 Å². The second kappa shape index (κ2) is 7.07. The Hall–Kier alpha value is -0.480.